The van der Waals surface area contributed by atoms with Crippen LogP contribution in [0.25, 0.3) is 0 Å². The molecule has 1 aromatic rings. The van der Waals surface area contributed by atoms with Gasteiger partial charge in [-0.05, 0) is 17.7 Å². The Morgan fingerprint density at radius 1 is 1.45 bits per heavy atom. The lowest BCUT2D eigenvalue weighted by Gasteiger charge is -2.28. The Bertz CT molecular complexity index is 453. The summed E-state index contributed by atoms with van der Waals surface area (Å²) in [5.41, 5.74) is 1.09. The van der Waals surface area contributed by atoms with Crippen LogP contribution in [0.15, 0.2) is 28.7 Å². The van der Waals surface area contributed by atoms with Gasteiger partial charge in [-0.2, -0.15) is 0 Å². The zero-order valence-corrected chi connectivity index (χ0v) is 13.5. The molecule has 4 nitrogen and oxygen atoms in total. The van der Waals surface area contributed by atoms with Gasteiger partial charge in [-0.25, -0.2) is 0 Å². The van der Waals surface area contributed by atoms with Crippen LogP contribution in [0.3, 0.4) is 0 Å². The summed E-state index contributed by atoms with van der Waals surface area (Å²) >= 11 is 3.43. The van der Waals surface area contributed by atoms with Gasteiger partial charge in [-0.1, -0.05) is 41.9 Å². The number of carbonyl (C=O) groups is 1. The minimum Gasteiger partial charge on any atom is -0.366 e. The monoisotopic (exact) mass is 340 g/mol. The molecule has 0 saturated carbocycles. The second-order valence-corrected chi connectivity index (χ2v) is 6.59. The first-order valence-electron chi connectivity index (χ1n) is 6.85. The number of ether oxygens (including phenoxy) is 1. The van der Waals surface area contributed by atoms with Gasteiger partial charge in [0.25, 0.3) is 0 Å². The average Bonchev–Trinajstić information content (AvgIpc) is 2.46. The highest BCUT2D eigenvalue weighted by Crippen LogP contribution is 2.24. The summed E-state index contributed by atoms with van der Waals surface area (Å²) in [6, 6.07) is 8.20. The van der Waals surface area contributed by atoms with Gasteiger partial charge in [-0.15, -0.1) is 0 Å². The van der Waals surface area contributed by atoms with Gasteiger partial charge in [0.1, 0.15) is 6.10 Å². The Kier molecular flexibility index (Phi) is 5.18. The van der Waals surface area contributed by atoms with Crippen LogP contribution in [-0.4, -0.2) is 38.3 Å². The molecule has 2 rings (SSSR count). The third-order valence-electron chi connectivity index (χ3n) is 3.55. The van der Waals surface area contributed by atoms with E-state index in [0.29, 0.717) is 19.7 Å². The van der Waals surface area contributed by atoms with Crippen LogP contribution in [0, 0.1) is 0 Å². The van der Waals surface area contributed by atoms with Crippen LogP contribution >= 0.6 is 15.9 Å². The molecule has 1 fully saturated rings. The highest BCUT2D eigenvalue weighted by Gasteiger charge is 2.25. The second kappa shape index (κ2) is 6.70. The van der Waals surface area contributed by atoms with Gasteiger partial charge in [-0.3, -0.25) is 4.79 Å². The lowest BCUT2D eigenvalue weighted by molar-refractivity contribution is -0.134. The zero-order valence-electron chi connectivity index (χ0n) is 11.9. The highest BCUT2D eigenvalue weighted by atomic mass is 79.9. The number of rotatable bonds is 4. The van der Waals surface area contributed by atoms with E-state index >= 15 is 0 Å². The summed E-state index contributed by atoms with van der Waals surface area (Å²) < 4.78 is 6.50. The summed E-state index contributed by atoms with van der Waals surface area (Å²) in [4.78, 5) is 12.0. The maximum Gasteiger partial charge on any atom is 0.250 e. The first-order valence-corrected chi connectivity index (χ1v) is 7.64. The summed E-state index contributed by atoms with van der Waals surface area (Å²) in [6.07, 6.45) is -0.371. The summed E-state index contributed by atoms with van der Waals surface area (Å²) in [6.45, 7) is 6.83. The molecule has 20 heavy (non-hydrogen) atoms. The fourth-order valence-corrected chi connectivity index (χ4v) is 2.42. The van der Waals surface area contributed by atoms with E-state index < -0.39 is 0 Å². The number of amides is 1. The van der Waals surface area contributed by atoms with E-state index in [4.69, 9.17) is 4.74 Å². The van der Waals surface area contributed by atoms with Crippen molar-refractivity contribution >= 4 is 21.8 Å². The summed E-state index contributed by atoms with van der Waals surface area (Å²) in [7, 11) is 0. The van der Waals surface area contributed by atoms with Gasteiger partial charge in [0.2, 0.25) is 5.91 Å². The maximum absolute atomic E-state index is 12.0. The van der Waals surface area contributed by atoms with Crippen molar-refractivity contribution < 1.29 is 9.53 Å². The van der Waals surface area contributed by atoms with Crippen molar-refractivity contribution in [3.63, 3.8) is 0 Å². The molecule has 0 radical (unpaired) electrons. The van der Waals surface area contributed by atoms with Gasteiger partial charge < -0.3 is 15.4 Å². The molecule has 0 aromatic heterocycles. The normalized spacial score (nSPS) is 19.6. The highest BCUT2D eigenvalue weighted by molar-refractivity contribution is 9.10. The third kappa shape index (κ3) is 4.04. The first kappa shape index (κ1) is 15.5. The number of hydrogen-bond donors (Lipinski definition) is 2. The van der Waals surface area contributed by atoms with Crippen LogP contribution in [0.2, 0.25) is 0 Å². The predicted octanol–water partition coefficient (Wildman–Crippen LogP) is 1.83. The molecule has 5 heteroatoms. The number of hydrogen-bond acceptors (Lipinski definition) is 3. The van der Waals surface area contributed by atoms with Crippen molar-refractivity contribution in [1.29, 1.82) is 0 Å². The fourth-order valence-electron chi connectivity index (χ4n) is 2.16. The molecule has 1 saturated heterocycles. The first-order chi connectivity index (χ1) is 9.49. The van der Waals surface area contributed by atoms with Gasteiger partial charge >= 0.3 is 0 Å². The molecule has 1 aliphatic heterocycles. The number of halogens is 1. The SMILES string of the molecule is CC(C)(CNC(=O)C1CNCCO1)c1ccc(Br)cc1. The van der Waals surface area contributed by atoms with E-state index in [0.717, 1.165) is 11.0 Å². The van der Waals surface area contributed by atoms with Crippen molar-refractivity contribution in [1.82, 2.24) is 10.6 Å². The molecule has 1 aromatic carbocycles. The average molecular weight is 341 g/mol. The Morgan fingerprint density at radius 3 is 2.75 bits per heavy atom. The van der Waals surface area contributed by atoms with Crippen LogP contribution in [-0.2, 0) is 14.9 Å². The molecule has 1 heterocycles. The Labute approximate surface area is 128 Å². The predicted molar refractivity (Wildman–Crippen MR) is 82.8 cm³/mol. The quantitative estimate of drug-likeness (QED) is 0.879. The van der Waals surface area contributed by atoms with Crippen molar-refractivity contribution in [2.24, 2.45) is 0 Å². The van der Waals surface area contributed by atoms with E-state index in [9.17, 15) is 4.79 Å². The largest absolute Gasteiger partial charge is 0.366 e. The van der Waals surface area contributed by atoms with E-state index in [1.54, 1.807) is 0 Å². The molecular formula is C15H21BrN2O2. The minimum atomic E-state index is -0.371. The molecule has 1 amide bonds. The molecule has 2 N–H and O–H groups in total. The van der Waals surface area contributed by atoms with E-state index in [-0.39, 0.29) is 17.4 Å². The Hall–Kier alpha value is -0.910. The van der Waals surface area contributed by atoms with Crippen molar-refractivity contribution in [3.05, 3.63) is 34.3 Å². The lowest BCUT2D eigenvalue weighted by Crippen LogP contribution is -2.49. The molecule has 1 atom stereocenters. The molecule has 1 unspecified atom stereocenters. The maximum atomic E-state index is 12.0. The van der Waals surface area contributed by atoms with Gasteiger partial charge in [0.15, 0.2) is 0 Å². The topological polar surface area (TPSA) is 50.4 Å². The molecular weight excluding hydrogens is 320 g/mol. The second-order valence-electron chi connectivity index (χ2n) is 5.67. The number of nitrogens with one attached hydrogen (secondary N) is 2. The number of carbonyl (C=O) groups excluding carboxylic acids is 1. The van der Waals surface area contributed by atoms with E-state index in [2.05, 4.69) is 52.5 Å². The third-order valence-corrected chi connectivity index (χ3v) is 4.08. The summed E-state index contributed by atoms with van der Waals surface area (Å²) in [5.74, 6) is -0.0395. The van der Waals surface area contributed by atoms with Crippen molar-refractivity contribution in [3.8, 4) is 0 Å². The van der Waals surface area contributed by atoms with Crippen LogP contribution < -0.4 is 10.6 Å². The fraction of sp³-hybridized carbons (Fsp3) is 0.533. The standard InChI is InChI=1S/C15H21BrN2O2/c1-15(2,11-3-5-12(16)6-4-11)10-18-14(19)13-9-17-7-8-20-13/h3-6,13,17H,7-10H2,1-2H3,(H,18,19). The van der Waals surface area contributed by atoms with Crippen LogP contribution in [0.4, 0.5) is 0 Å². The molecule has 1 aliphatic rings. The summed E-state index contributed by atoms with van der Waals surface area (Å²) in [5, 5.41) is 6.15. The van der Waals surface area contributed by atoms with Crippen molar-refractivity contribution in [2.45, 2.75) is 25.4 Å². The van der Waals surface area contributed by atoms with Crippen LogP contribution in [0.1, 0.15) is 19.4 Å². The molecule has 0 aliphatic carbocycles. The molecule has 110 valence electrons. The minimum absolute atomic E-state index is 0.0395. The number of benzene rings is 1. The zero-order chi connectivity index (χ0) is 14.6. The van der Waals surface area contributed by atoms with Gasteiger partial charge in [0.05, 0.1) is 6.61 Å². The molecule has 0 bridgehead atoms. The van der Waals surface area contributed by atoms with Gasteiger partial charge in [0, 0.05) is 29.5 Å². The van der Waals surface area contributed by atoms with Crippen molar-refractivity contribution in [2.75, 3.05) is 26.2 Å². The van der Waals surface area contributed by atoms with E-state index in [1.165, 1.54) is 5.56 Å². The lowest BCUT2D eigenvalue weighted by atomic mass is 9.84. The van der Waals surface area contributed by atoms with Crippen LogP contribution in [0.5, 0.6) is 0 Å². The Morgan fingerprint density at radius 2 is 2.15 bits per heavy atom. The molecule has 0 spiro atoms. The Balaban J connectivity index is 1.91. The smallest absolute Gasteiger partial charge is 0.250 e. The van der Waals surface area contributed by atoms with E-state index in [1.807, 2.05) is 12.1 Å². The number of morpholine rings is 1.